The maximum atomic E-state index is 6.02. The molecule has 1 saturated carbocycles. The van der Waals surface area contributed by atoms with Crippen molar-refractivity contribution in [2.24, 2.45) is 0 Å². The fourth-order valence-electron chi connectivity index (χ4n) is 3.22. The van der Waals surface area contributed by atoms with Gasteiger partial charge in [-0.3, -0.25) is 4.68 Å². The molecule has 2 aromatic rings. The molecule has 132 valence electrons. The lowest BCUT2D eigenvalue weighted by Crippen LogP contribution is -2.18. The summed E-state index contributed by atoms with van der Waals surface area (Å²) in [7, 11) is 1.95. The molecule has 0 atom stereocenters. The topological polar surface area (TPSA) is 39.1 Å². The molecule has 0 spiro atoms. The third-order valence-electron chi connectivity index (χ3n) is 4.32. The van der Waals surface area contributed by atoms with Crippen LogP contribution in [0.15, 0.2) is 30.3 Å². The number of hydrogen-bond acceptors (Lipinski definition) is 3. The van der Waals surface area contributed by atoms with Crippen LogP contribution >= 0.6 is 24.0 Å². The van der Waals surface area contributed by atoms with Gasteiger partial charge in [0.2, 0.25) is 0 Å². The van der Waals surface area contributed by atoms with Crippen LogP contribution in [0.4, 0.5) is 0 Å². The number of nitrogens with one attached hydrogen (secondary N) is 1. The number of ether oxygens (including phenoxy) is 1. The van der Waals surface area contributed by atoms with E-state index in [0.29, 0.717) is 17.7 Å². The van der Waals surface area contributed by atoms with Crippen molar-refractivity contribution >= 4 is 24.0 Å². The van der Waals surface area contributed by atoms with Crippen LogP contribution < -0.4 is 10.1 Å². The number of rotatable bonds is 6. The van der Waals surface area contributed by atoms with Crippen LogP contribution in [0, 0.1) is 0 Å². The van der Waals surface area contributed by atoms with Crippen molar-refractivity contribution in [1.29, 1.82) is 0 Å². The zero-order chi connectivity index (χ0) is 16.1. The molecular weight excluding hydrogens is 345 g/mol. The number of aromatic nitrogens is 2. The molecule has 1 N–H and O–H groups in total. The lowest BCUT2D eigenvalue weighted by atomic mass is 9.95. The van der Waals surface area contributed by atoms with Gasteiger partial charge in [0.1, 0.15) is 12.4 Å². The van der Waals surface area contributed by atoms with E-state index in [9.17, 15) is 0 Å². The molecule has 0 saturated heterocycles. The van der Waals surface area contributed by atoms with Crippen LogP contribution in [0.1, 0.15) is 49.5 Å². The summed E-state index contributed by atoms with van der Waals surface area (Å²) < 4.78 is 8.12. The number of hydrogen-bond donors (Lipinski definition) is 1. The standard InChI is InChI=1S/C18H24ClN3O.ClH/c1-20-12-15-11-17(13-23-18-9-5-6-14(19)10-18)22(21-15)16-7-3-2-4-8-16;/h5-6,9-11,16,20H,2-4,7-8,12-13H2,1H3;1H. The van der Waals surface area contributed by atoms with E-state index >= 15 is 0 Å². The Morgan fingerprint density at radius 1 is 1.25 bits per heavy atom. The predicted molar refractivity (Wildman–Crippen MR) is 100 cm³/mol. The molecule has 0 aliphatic heterocycles. The molecular formula is C18H25Cl2N3O. The van der Waals surface area contributed by atoms with Crippen LogP contribution in [-0.2, 0) is 13.2 Å². The molecule has 6 heteroatoms. The van der Waals surface area contributed by atoms with E-state index < -0.39 is 0 Å². The minimum atomic E-state index is 0. The predicted octanol–water partition coefficient (Wildman–Crippen LogP) is 4.76. The minimum absolute atomic E-state index is 0. The summed E-state index contributed by atoms with van der Waals surface area (Å²) >= 11 is 6.02. The van der Waals surface area contributed by atoms with Gasteiger partial charge >= 0.3 is 0 Å². The zero-order valence-corrected chi connectivity index (χ0v) is 15.6. The van der Waals surface area contributed by atoms with Crippen LogP contribution in [0.3, 0.4) is 0 Å². The molecule has 1 aromatic carbocycles. The van der Waals surface area contributed by atoms with Crippen LogP contribution in [0.5, 0.6) is 5.75 Å². The first-order valence-electron chi connectivity index (χ1n) is 8.36. The zero-order valence-electron chi connectivity index (χ0n) is 14.0. The molecule has 1 aliphatic rings. The highest BCUT2D eigenvalue weighted by Crippen LogP contribution is 2.29. The maximum absolute atomic E-state index is 6.02. The Morgan fingerprint density at radius 3 is 2.75 bits per heavy atom. The van der Waals surface area contributed by atoms with Gasteiger partial charge in [-0.2, -0.15) is 5.10 Å². The summed E-state index contributed by atoms with van der Waals surface area (Å²) in [4.78, 5) is 0. The number of benzene rings is 1. The first-order chi connectivity index (χ1) is 11.3. The molecule has 0 radical (unpaired) electrons. The van der Waals surface area contributed by atoms with Gasteiger partial charge < -0.3 is 10.1 Å². The van der Waals surface area contributed by atoms with Gasteiger partial charge in [0.25, 0.3) is 0 Å². The largest absolute Gasteiger partial charge is 0.487 e. The van der Waals surface area contributed by atoms with Crippen molar-refractivity contribution in [2.45, 2.75) is 51.3 Å². The van der Waals surface area contributed by atoms with Crippen molar-refractivity contribution in [3.05, 3.63) is 46.7 Å². The van der Waals surface area contributed by atoms with Crippen molar-refractivity contribution in [3.63, 3.8) is 0 Å². The highest BCUT2D eigenvalue weighted by molar-refractivity contribution is 6.30. The summed E-state index contributed by atoms with van der Waals surface area (Å²) in [6.07, 6.45) is 6.35. The van der Waals surface area contributed by atoms with E-state index in [1.54, 1.807) is 0 Å². The van der Waals surface area contributed by atoms with E-state index in [1.807, 2.05) is 31.3 Å². The van der Waals surface area contributed by atoms with E-state index in [1.165, 1.54) is 32.1 Å². The molecule has 1 aliphatic carbocycles. The molecule has 1 aromatic heterocycles. The van der Waals surface area contributed by atoms with Crippen molar-refractivity contribution < 1.29 is 4.74 Å². The fourth-order valence-corrected chi connectivity index (χ4v) is 3.40. The van der Waals surface area contributed by atoms with Crippen LogP contribution in [-0.4, -0.2) is 16.8 Å². The molecule has 3 rings (SSSR count). The van der Waals surface area contributed by atoms with E-state index in [0.717, 1.165) is 23.7 Å². The second-order valence-electron chi connectivity index (χ2n) is 6.14. The normalized spacial score (nSPS) is 15.1. The lowest BCUT2D eigenvalue weighted by Gasteiger charge is -2.24. The highest BCUT2D eigenvalue weighted by atomic mass is 35.5. The first-order valence-corrected chi connectivity index (χ1v) is 8.74. The van der Waals surface area contributed by atoms with E-state index in [2.05, 4.69) is 16.1 Å². The second kappa shape index (κ2) is 9.30. The Morgan fingerprint density at radius 2 is 2.04 bits per heavy atom. The van der Waals surface area contributed by atoms with Gasteiger partial charge in [0, 0.05) is 11.6 Å². The van der Waals surface area contributed by atoms with Gasteiger partial charge in [-0.15, -0.1) is 12.4 Å². The van der Waals surface area contributed by atoms with Crippen LogP contribution in [0.2, 0.25) is 5.02 Å². The van der Waals surface area contributed by atoms with Gasteiger partial charge in [-0.25, -0.2) is 0 Å². The van der Waals surface area contributed by atoms with Gasteiger partial charge in [-0.1, -0.05) is 36.9 Å². The Hall–Kier alpha value is -1.23. The Balaban J connectivity index is 0.00000208. The molecule has 0 bridgehead atoms. The summed E-state index contributed by atoms with van der Waals surface area (Å²) in [5, 5.41) is 8.67. The molecule has 24 heavy (non-hydrogen) atoms. The molecule has 0 unspecified atom stereocenters. The third kappa shape index (κ3) is 4.88. The van der Waals surface area contributed by atoms with Crippen molar-refractivity contribution in [1.82, 2.24) is 15.1 Å². The molecule has 4 nitrogen and oxygen atoms in total. The second-order valence-corrected chi connectivity index (χ2v) is 6.58. The Bertz CT molecular complexity index is 639. The summed E-state index contributed by atoms with van der Waals surface area (Å²) in [5.41, 5.74) is 2.21. The van der Waals surface area contributed by atoms with E-state index in [4.69, 9.17) is 21.4 Å². The summed E-state index contributed by atoms with van der Waals surface area (Å²) in [6.45, 7) is 1.30. The average molecular weight is 370 g/mol. The quantitative estimate of drug-likeness (QED) is 0.797. The SMILES string of the molecule is CNCc1cc(COc2cccc(Cl)c2)n(C2CCCCC2)n1.Cl. The first kappa shape index (κ1) is 19.1. The van der Waals surface area contributed by atoms with Crippen molar-refractivity contribution in [2.75, 3.05) is 7.05 Å². The summed E-state index contributed by atoms with van der Waals surface area (Å²) in [5.74, 6) is 0.795. The molecule has 0 amide bonds. The molecule has 1 fully saturated rings. The summed E-state index contributed by atoms with van der Waals surface area (Å²) in [6, 6.07) is 10.2. The van der Waals surface area contributed by atoms with Crippen LogP contribution in [0.25, 0.3) is 0 Å². The Labute approximate surface area is 154 Å². The highest BCUT2D eigenvalue weighted by Gasteiger charge is 2.20. The van der Waals surface area contributed by atoms with Gasteiger partial charge in [0.05, 0.1) is 17.4 Å². The average Bonchev–Trinajstić information content (AvgIpc) is 2.97. The maximum Gasteiger partial charge on any atom is 0.130 e. The van der Waals surface area contributed by atoms with Gasteiger partial charge in [0.15, 0.2) is 0 Å². The minimum Gasteiger partial charge on any atom is -0.487 e. The number of halogens is 2. The smallest absolute Gasteiger partial charge is 0.130 e. The fraction of sp³-hybridized carbons (Fsp3) is 0.500. The third-order valence-corrected chi connectivity index (χ3v) is 4.56. The number of nitrogens with zero attached hydrogens (tertiary/aromatic N) is 2. The van der Waals surface area contributed by atoms with E-state index in [-0.39, 0.29) is 12.4 Å². The van der Waals surface area contributed by atoms with Gasteiger partial charge in [-0.05, 0) is 44.2 Å². The monoisotopic (exact) mass is 369 g/mol. The lowest BCUT2D eigenvalue weighted by molar-refractivity contribution is 0.265. The van der Waals surface area contributed by atoms with Crippen molar-refractivity contribution in [3.8, 4) is 5.75 Å². The Kier molecular flexibility index (Phi) is 7.40. The molecule has 1 heterocycles.